The van der Waals surface area contributed by atoms with Crippen molar-refractivity contribution in [2.24, 2.45) is 0 Å². The first-order valence-electron chi connectivity index (χ1n) is 4.51. The molecule has 1 amide bonds. The molecular weight excluding hydrogens is 214 g/mol. The summed E-state index contributed by atoms with van der Waals surface area (Å²) in [6, 6.07) is 8.29. The molecule has 0 fully saturated rings. The molecule has 0 aliphatic heterocycles. The molecular formula is C10H11NO5. The highest BCUT2D eigenvalue weighted by atomic mass is 16.6. The van der Waals surface area contributed by atoms with Crippen LogP contribution in [0.15, 0.2) is 30.3 Å². The lowest BCUT2D eigenvalue weighted by Crippen LogP contribution is -2.37. The van der Waals surface area contributed by atoms with Crippen molar-refractivity contribution in [2.75, 3.05) is 6.54 Å². The Hall–Kier alpha value is -2.08. The summed E-state index contributed by atoms with van der Waals surface area (Å²) in [6.45, 7) is -0.402. The van der Waals surface area contributed by atoms with Gasteiger partial charge in [0.05, 0.1) is 6.54 Å². The minimum Gasteiger partial charge on any atom is -0.479 e. The number of aliphatic hydroxyl groups is 1. The number of aliphatic carboxylic acids is 1. The van der Waals surface area contributed by atoms with Gasteiger partial charge in [0.25, 0.3) is 0 Å². The fraction of sp³-hybridized carbons (Fsp3) is 0.200. The molecule has 1 rings (SSSR count). The van der Waals surface area contributed by atoms with Crippen LogP contribution in [0.5, 0.6) is 5.75 Å². The summed E-state index contributed by atoms with van der Waals surface area (Å²) in [4.78, 5) is 21.3. The van der Waals surface area contributed by atoms with Crippen molar-refractivity contribution in [1.82, 2.24) is 5.32 Å². The number of amides is 1. The SMILES string of the molecule is O=C(NCC(O)C(=O)O)Oc1ccccc1. The fourth-order valence-electron chi connectivity index (χ4n) is 0.899. The van der Waals surface area contributed by atoms with Crippen molar-refractivity contribution in [2.45, 2.75) is 6.10 Å². The zero-order valence-corrected chi connectivity index (χ0v) is 8.29. The number of nitrogens with one attached hydrogen (secondary N) is 1. The number of benzene rings is 1. The molecule has 1 atom stereocenters. The van der Waals surface area contributed by atoms with Gasteiger partial charge in [-0.15, -0.1) is 0 Å². The van der Waals surface area contributed by atoms with Crippen molar-refractivity contribution < 1.29 is 24.5 Å². The maximum Gasteiger partial charge on any atom is 0.412 e. The van der Waals surface area contributed by atoms with Crippen LogP contribution in [0.2, 0.25) is 0 Å². The molecule has 6 heteroatoms. The summed E-state index contributed by atoms with van der Waals surface area (Å²) in [5, 5.41) is 19.3. The number of carboxylic acids is 1. The Balaban J connectivity index is 2.35. The molecule has 1 aromatic rings. The average Bonchev–Trinajstić information content (AvgIpc) is 2.27. The van der Waals surface area contributed by atoms with Gasteiger partial charge in [0.2, 0.25) is 0 Å². The summed E-state index contributed by atoms with van der Waals surface area (Å²) >= 11 is 0. The maximum atomic E-state index is 11.1. The number of rotatable bonds is 4. The Bertz CT molecular complexity index is 365. The van der Waals surface area contributed by atoms with Crippen LogP contribution < -0.4 is 10.1 Å². The average molecular weight is 225 g/mol. The molecule has 6 nitrogen and oxygen atoms in total. The lowest BCUT2D eigenvalue weighted by molar-refractivity contribution is -0.146. The number of carbonyl (C=O) groups excluding carboxylic acids is 1. The number of ether oxygens (including phenoxy) is 1. The maximum absolute atomic E-state index is 11.1. The number of carbonyl (C=O) groups is 2. The van der Waals surface area contributed by atoms with Crippen LogP contribution in [0.1, 0.15) is 0 Å². The monoisotopic (exact) mass is 225 g/mol. The third-order valence-corrected chi connectivity index (χ3v) is 1.68. The van der Waals surface area contributed by atoms with E-state index >= 15 is 0 Å². The van der Waals surface area contributed by atoms with E-state index in [1.807, 2.05) is 0 Å². The van der Waals surface area contributed by atoms with Crippen LogP contribution in [0.4, 0.5) is 4.79 Å². The smallest absolute Gasteiger partial charge is 0.412 e. The lowest BCUT2D eigenvalue weighted by atomic mass is 10.3. The quantitative estimate of drug-likeness (QED) is 0.681. The van der Waals surface area contributed by atoms with Gasteiger partial charge in [0, 0.05) is 0 Å². The number of hydrogen-bond acceptors (Lipinski definition) is 4. The van der Waals surface area contributed by atoms with E-state index < -0.39 is 24.7 Å². The van der Waals surface area contributed by atoms with Gasteiger partial charge in [-0.05, 0) is 12.1 Å². The molecule has 0 aliphatic carbocycles. The molecule has 86 valence electrons. The van der Waals surface area contributed by atoms with Gasteiger partial charge < -0.3 is 20.3 Å². The van der Waals surface area contributed by atoms with E-state index in [1.54, 1.807) is 30.3 Å². The van der Waals surface area contributed by atoms with Gasteiger partial charge in [0.1, 0.15) is 5.75 Å². The molecule has 1 aromatic carbocycles. The topological polar surface area (TPSA) is 95.9 Å². The number of para-hydroxylation sites is 1. The van der Waals surface area contributed by atoms with Crippen molar-refractivity contribution >= 4 is 12.1 Å². The van der Waals surface area contributed by atoms with E-state index in [0.717, 1.165) is 0 Å². The zero-order chi connectivity index (χ0) is 12.0. The van der Waals surface area contributed by atoms with E-state index in [0.29, 0.717) is 5.75 Å². The van der Waals surface area contributed by atoms with Crippen LogP contribution in [0.25, 0.3) is 0 Å². The number of hydrogen-bond donors (Lipinski definition) is 3. The Kier molecular flexibility index (Phi) is 4.28. The first-order chi connectivity index (χ1) is 7.59. The number of carboxylic acid groups (broad SMARTS) is 1. The standard InChI is InChI=1S/C10H11NO5/c12-8(9(13)14)6-11-10(15)16-7-4-2-1-3-5-7/h1-5,8,12H,6H2,(H,11,15)(H,13,14). The molecule has 0 aliphatic rings. The molecule has 0 spiro atoms. The minimum atomic E-state index is -1.64. The van der Waals surface area contributed by atoms with Crippen LogP contribution in [0.3, 0.4) is 0 Å². The third kappa shape index (κ3) is 3.97. The van der Waals surface area contributed by atoms with E-state index in [2.05, 4.69) is 5.32 Å². The largest absolute Gasteiger partial charge is 0.479 e. The van der Waals surface area contributed by atoms with E-state index in [1.165, 1.54) is 0 Å². The second kappa shape index (κ2) is 5.72. The summed E-state index contributed by atoms with van der Waals surface area (Å²) in [5.74, 6) is -1.06. The molecule has 0 saturated carbocycles. The van der Waals surface area contributed by atoms with Crippen LogP contribution >= 0.6 is 0 Å². The molecule has 0 heterocycles. The second-order valence-electron chi connectivity index (χ2n) is 2.94. The minimum absolute atomic E-state index is 0.338. The van der Waals surface area contributed by atoms with Crippen molar-refractivity contribution in [3.05, 3.63) is 30.3 Å². The molecule has 0 radical (unpaired) electrons. The highest BCUT2D eigenvalue weighted by molar-refractivity contribution is 5.74. The first kappa shape index (κ1) is 12.0. The van der Waals surface area contributed by atoms with Crippen LogP contribution in [-0.4, -0.2) is 34.9 Å². The van der Waals surface area contributed by atoms with Gasteiger partial charge >= 0.3 is 12.1 Å². The van der Waals surface area contributed by atoms with Gasteiger partial charge in [-0.25, -0.2) is 9.59 Å². The van der Waals surface area contributed by atoms with E-state index in [9.17, 15) is 9.59 Å². The number of aliphatic hydroxyl groups excluding tert-OH is 1. The summed E-state index contributed by atoms with van der Waals surface area (Å²) in [6.07, 6.45) is -2.45. The fourth-order valence-corrected chi connectivity index (χ4v) is 0.899. The molecule has 0 saturated heterocycles. The molecule has 0 bridgehead atoms. The predicted molar refractivity (Wildman–Crippen MR) is 54.1 cm³/mol. The normalized spacial score (nSPS) is 11.6. The van der Waals surface area contributed by atoms with Gasteiger partial charge in [0.15, 0.2) is 6.10 Å². The lowest BCUT2D eigenvalue weighted by Gasteiger charge is -2.08. The second-order valence-corrected chi connectivity index (χ2v) is 2.94. The van der Waals surface area contributed by atoms with E-state index in [-0.39, 0.29) is 0 Å². The Morgan fingerprint density at radius 1 is 1.31 bits per heavy atom. The third-order valence-electron chi connectivity index (χ3n) is 1.68. The first-order valence-corrected chi connectivity index (χ1v) is 4.51. The predicted octanol–water partition coefficient (Wildman–Crippen LogP) is 0.220. The molecule has 16 heavy (non-hydrogen) atoms. The van der Waals surface area contributed by atoms with Gasteiger partial charge in [-0.3, -0.25) is 0 Å². The Morgan fingerprint density at radius 2 is 1.94 bits per heavy atom. The Morgan fingerprint density at radius 3 is 2.50 bits per heavy atom. The molecule has 0 aromatic heterocycles. The van der Waals surface area contributed by atoms with Crippen LogP contribution in [-0.2, 0) is 4.79 Å². The highest BCUT2D eigenvalue weighted by Gasteiger charge is 2.14. The molecule has 1 unspecified atom stereocenters. The van der Waals surface area contributed by atoms with Crippen molar-refractivity contribution in [3.63, 3.8) is 0 Å². The van der Waals surface area contributed by atoms with Crippen LogP contribution in [0, 0.1) is 0 Å². The van der Waals surface area contributed by atoms with E-state index in [4.69, 9.17) is 14.9 Å². The van der Waals surface area contributed by atoms with Gasteiger partial charge in [-0.2, -0.15) is 0 Å². The highest BCUT2D eigenvalue weighted by Crippen LogP contribution is 2.07. The summed E-state index contributed by atoms with van der Waals surface area (Å²) in [5.41, 5.74) is 0. The van der Waals surface area contributed by atoms with Crippen molar-refractivity contribution in [1.29, 1.82) is 0 Å². The van der Waals surface area contributed by atoms with Crippen molar-refractivity contribution in [3.8, 4) is 5.75 Å². The Labute approximate surface area is 91.5 Å². The summed E-state index contributed by atoms with van der Waals surface area (Å²) < 4.78 is 4.79. The summed E-state index contributed by atoms with van der Waals surface area (Å²) in [7, 11) is 0. The zero-order valence-electron chi connectivity index (χ0n) is 8.29. The van der Waals surface area contributed by atoms with Gasteiger partial charge in [-0.1, -0.05) is 18.2 Å². The molecule has 3 N–H and O–H groups in total.